The summed E-state index contributed by atoms with van der Waals surface area (Å²) in [6.07, 6.45) is -1.23. The molecule has 0 spiro atoms. The molecule has 3 N–H and O–H groups in total. The zero-order valence-corrected chi connectivity index (χ0v) is 7.51. The molecule has 2 rings (SSSR count). The lowest BCUT2D eigenvalue weighted by molar-refractivity contribution is 0.194. The van der Waals surface area contributed by atoms with Gasteiger partial charge in [0.2, 0.25) is 0 Å². The summed E-state index contributed by atoms with van der Waals surface area (Å²) in [6, 6.07) is 6.63. The Hall–Kier alpha value is -2.55. The first-order valence-corrected chi connectivity index (χ1v) is 4.05. The SMILES string of the molecule is N#Cc1cccc2c1c(N)nn2C(=O)O. The first-order valence-electron chi connectivity index (χ1n) is 4.05. The number of rotatable bonds is 0. The molecular weight excluding hydrogens is 196 g/mol. The zero-order valence-electron chi connectivity index (χ0n) is 7.51. The smallest absolute Gasteiger partial charge is 0.432 e. The Morgan fingerprint density at radius 3 is 2.93 bits per heavy atom. The van der Waals surface area contributed by atoms with Crippen LogP contribution in [0, 0.1) is 11.3 Å². The number of hydrogen-bond donors (Lipinski definition) is 2. The summed E-state index contributed by atoms with van der Waals surface area (Å²) in [5, 5.41) is 21.7. The van der Waals surface area contributed by atoms with E-state index in [-0.39, 0.29) is 5.82 Å². The Balaban J connectivity index is 2.93. The van der Waals surface area contributed by atoms with Gasteiger partial charge >= 0.3 is 6.09 Å². The summed E-state index contributed by atoms with van der Waals surface area (Å²) >= 11 is 0. The van der Waals surface area contributed by atoms with Crippen LogP contribution in [-0.4, -0.2) is 21.0 Å². The molecular formula is C9H6N4O2. The van der Waals surface area contributed by atoms with E-state index in [4.69, 9.17) is 16.1 Å². The van der Waals surface area contributed by atoms with Gasteiger partial charge < -0.3 is 10.8 Å². The van der Waals surface area contributed by atoms with Gasteiger partial charge in [-0.3, -0.25) is 0 Å². The van der Waals surface area contributed by atoms with Gasteiger partial charge in [-0.15, -0.1) is 5.10 Å². The van der Waals surface area contributed by atoms with E-state index in [2.05, 4.69) is 5.10 Å². The fraction of sp³-hybridized carbons (Fsp3) is 0. The standard InChI is InChI=1S/C9H6N4O2/c10-4-5-2-1-3-6-7(5)8(11)12-13(6)9(14)15/h1-3H,(H2,11,12)(H,14,15). The Morgan fingerprint density at radius 2 is 2.33 bits per heavy atom. The van der Waals surface area contributed by atoms with Crippen molar-refractivity contribution in [1.29, 1.82) is 5.26 Å². The van der Waals surface area contributed by atoms with Crippen LogP contribution in [0.3, 0.4) is 0 Å². The molecule has 0 aliphatic carbocycles. The second-order valence-electron chi connectivity index (χ2n) is 2.89. The fourth-order valence-corrected chi connectivity index (χ4v) is 1.44. The number of nitrogen functional groups attached to an aromatic ring is 1. The molecule has 1 aromatic heterocycles. The molecule has 0 unspecified atom stereocenters. The van der Waals surface area contributed by atoms with Crippen molar-refractivity contribution < 1.29 is 9.90 Å². The van der Waals surface area contributed by atoms with Gasteiger partial charge in [0, 0.05) is 0 Å². The van der Waals surface area contributed by atoms with E-state index in [1.54, 1.807) is 18.2 Å². The molecule has 1 heterocycles. The number of carbonyl (C=O) groups is 1. The summed E-state index contributed by atoms with van der Waals surface area (Å²) < 4.78 is 0.755. The Morgan fingerprint density at radius 1 is 1.60 bits per heavy atom. The Labute approximate surface area is 84.1 Å². The number of nitrogens with zero attached hydrogens (tertiary/aromatic N) is 3. The number of carboxylic acid groups (broad SMARTS) is 1. The highest BCUT2D eigenvalue weighted by Gasteiger charge is 2.15. The minimum atomic E-state index is -1.23. The molecule has 0 atom stereocenters. The topological polar surface area (TPSA) is 105 Å². The first kappa shape index (κ1) is 9.02. The zero-order chi connectivity index (χ0) is 11.0. The molecule has 74 valence electrons. The summed E-state index contributed by atoms with van der Waals surface area (Å²) in [4.78, 5) is 10.8. The maximum Gasteiger partial charge on any atom is 0.432 e. The van der Waals surface area contributed by atoms with Crippen LogP contribution in [0.4, 0.5) is 10.6 Å². The molecule has 0 aliphatic heterocycles. The molecule has 0 bridgehead atoms. The lowest BCUT2D eigenvalue weighted by atomic mass is 10.1. The van der Waals surface area contributed by atoms with Crippen LogP contribution in [0.1, 0.15) is 5.56 Å². The van der Waals surface area contributed by atoms with Crippen molar-refractivity contribution in [3.63, 3.8) is 0 Å². The molecule has 6 nitrogen and oxygen atoms in total. The Kier molecular flexibility index (Phi) is 1.80. The minimum absolute atomic E-state index is 0.0459. The van der Waals surface area contributed by atoms with Gasteiger partial charge in [-0.25, -0.2) is 4.79 Å². The lowest BCUT2D eigenvalue weighted by Gasteiger charge is -1.95. The van der Waals surface area contributed by atoms with Crippen molar-refractivity contribution in [2.45, 2.75) is 0 Å². The van der Waals surface area contributed by atoms with Gasteiger partial charge in [-0.1, -0.05) is 6.07 Å². The lowest BCUT2D eigenvalue weighted by Crippen LogP contribution is -2.09. The number of fused-ring (bicyclic) bond motifs is 1. The van der Waals surface area contributed by atoms with E-state index in [1.807, 2.05) is 6.07 Å². The van der Waals surface area contributed by atoms with Crippen molar-refractivity contribution in [1.82, 2.24) is 9.78 Å². The quantitative estimate of drug-likeness (QED) is 0.663. The first-order chi connectivity index (χ1) is 7.15. The fourth-order valence-electron chi connectivity index (χ4n) is 1.44. The van der Waals surface area contributed by atoms with Gasteiger partial charge in [0.15, 0.2) is 5.82 Å². The van der Waals surface area contributed by atoms with Crippen LogP contribution in [-0.2, 0) is 0 Å². The van der Waals surface area contributed by atoms with Gasteiger partial charge in [0.1, 0.15) is 0 Å². The average Bonchev–Trinajstić information content (AvgIpc) is 2.56. The number of anilines is 1. The van der Waals surface area contributed by atoms with E-state index < -0.39 is 6.09 Å². The molecule has 15 heavy (non-hydrogen) atoms. The number of nitriles is 1. The highest BCUT2D eigenvalue weighted by atomic mass is 16.4. The van der Waals surface area contributed by atoms with E-state index in [9.17, 15) is 4.79 Å². The Bertz CT molecular complexity index is 594. The van der Waals surface area contributed by atoms with Gasteiger partial charge in [0.05, 0.1) is 22.5 Å². The normalized spacial score (nSPS) is 10.1. The summed E-state index contributed by atoms with van der Waals surface area (Å²) in [5.41, 5.74) is 6.18. The van der Waals surface area contributed by atoms with Crippen LogP contribution in [0.2, 0.25) is 0 Å². The van der Waals surface area contributed by atoms with Crippen molar-refractivity contribution >= 4 is 22.8 Å². The third-order valence-electron chi connectivity index (χ3n) is 2.04. The summed E-state index contributed by atoms with van der Waals surface area (Å²) in [6.45, 7) is 0. The van der Waals surface area contributed by atoms with Crippen LogP contribution in [0.5, 0.6) is 0 Å². The molecule has 0 amide bonds. The van der Waals surface area contributed by atoms with Crippen LogP contribution in [0.25, 0.3) is 10.9 Å². The second kappa shape index (κ2) is 2.99. The average molecular weight is 202 g/mol. The van der Waals surface area contributed by atoms with E-state index in [0.717, 1.165) is 4.68 Å². The number of nitrogens with two attached hydrogens (primary N) is 1. The van der Waals surface area contributed by atoms with E-state index >= 15 is 0 Å². The number of aromatic nitrogens is 2. The number of hydrogen-bond acceptors (Lipinski definition) is 4. The molecule has 1 aromatic carbocycles. The number of benzene rings is 1. The maximum absolute atomic E-state index is 10.8. The van der Waals surface area contributed by atoms with Crippen molar-refractivity contribution in [3.8, 4) is 6.07 Å². The molecule has 0 saturated heterocycles. The molecule has 6 heteroatoms. The van der Waals surface area contributed by atoms with Crippen molar-refractivity contribution in [3.05, 3.63) is 23.8 Å². The van der Waals surface area contributed by atoms with E-state index in [1.165, 1.54) is 0 Å². The molecule has 2 aromatic rings. The van der Waals surface area contributed by atoms with Crippen molar-refractivity contribution in [2.24, 2.45) is 0 Å². The van der Waals surface area contributed by atoms with E-state index in [0.29, 0.717) is 16.5 Å². The highest BCUT2D eigenvalue weighted by molar-refractivity contribution is 5.98. The molecule has 0 fully saturated rings. The summed E-state index contributed by atoms with van der Waals surface area (Å²) in [7, 11) is 0. The largest absolute Gasteiger partial charge is 0.463 e. The maximum atomic E-state index is 10.8. The van der Waals surface area contributed by atoms with Crippen molar-refractivity contribution in [2.75, 3.05) is 5.73 Å². The predicted octanol–water partition coefficient (Wildman–Crippen LogP) is 1.02. The predicted molar refractivity (Wildman–Crippen MR) is 52.3 cm³/mol. The molecule has 0 saturated carbocycles. The third kappa shape index (κ3) is 1.18. The monoisotopic (exact) mass is 202 g/mol. The van der Waals surface area contributed by atoms with Gasteiger partial charge in [0.25, 0.3) is 0 Å². The highest BCUT2D eigenvalue weighted by Crippen LogP contribution is 2.23. The van der Waals surface area contributed by atoms with Gasteiger partial charge in [-0.2, -0.15) is 9.94 Å². The molecule has 0 aliphatic rings. The van der Waals surface area contributed by atoms with Crippen LogP contribution in [0.15, 0.2) is 18.2 Å². The van der Waals surface area contributed by atoms with Crippen LogP contribution < -0.4 is 5.73 Å². The third-order valence-corrected chi connectivity index (χ3v) is 2.04. The summed E-state index contributed by atoms with van der Waals surface area (Å²) in [5.74, 6) is 0.0459. The molecule has 0 radical (unpaired) electrons. The van der Waals surface area contributed by atoms with Gasteiger partial charge in [-0.05, 0) is 12.1 Å². The minimum Gasteiger partial charge on any atom is -0.463 e. The van der Waals surface area contributed by atoms with Crippen LogP contribution >= 0.6 is 0 Å². The second-order valence-corrected chi connectivity index (χ2v) is 2.89.